The first-order valence-corrected chi connectivity index (χ1v) is 7.20. The molecule has 5 nitrogen and oxygen atoms in total. The highest BCUT2D eigenvalue weighted by Gasteiger charge is 2.22. The summed E-state index contributed by atoms with van der Waals surface area (Å²) < 4.78 is 14.3. The van der Waals surface area contributed by atoms with Crippen LogP contribution < -0.4 is 9.80 Å². The Morgan fingerprint density at radius 3 is 2.48 bits per heavy atom. The number of anilines is 2. The molecule has 2 aromatic rings. The highest BCUT2D eigenvalue weighted by molar-refractivity contribution is 5.45. The van der Waals surface area contributed by atoms with Crippen molar-refractivity contribution in [2.75, 3.05) is 36.0 Å². The van der Waals surface area contributed by atoms with E-state index < -0.39 is 0 Å². The van der Waals surface area contributed by atoms with Crippen molar-refractivity contribution >= 4 is 11.6 Å². The zero-order chi connectivity index (χ0) is 14.7. The molecule has 1 aliphatic heterocycles. The molecule has 0 unspecified atom stereocenters. The Hall–Kier alpha value is -2.24. The Kier molecular flexibility index (Phi) is 3.94. The summed E-state index contributed by atoms with van der Waals surface area (Å²) in [5.74, 6) is 1.10. The molecule has 1 saturated heterocycles. The number of aryl methyl sites for hydroxylation is 1. The maximum Gasteiger partial charge on any atom is 0.187 e. The van der Waals surface area contributed by atoms with E-state index in [1.807, 2.05) is 30.0 Å². The van der Waals surface area contributed by atoms with Crippen molar-refractivity contribution in [2.45, 2.75) is 13.3 Å². The monoisotopic (exact) mass is 287 g/mol. The van der Waals surface area contributed by atoms with E-state index in [-0.39, 0.29) is 5.82 Å². The van der Waals surface area contributed by atoms with Crippen molar-refractivity contribution in [1.82, 2.24) is 15.0 Å². The van der Waals surface area contributed by atoms with E-state index in [0.29, 0.717) is 17.9 Å². The molecule has 6 heteroatoms. The van der Waals surface area contributed by atoms with Gasteiger partial charge in [-0.1, -0.05) is 13.0 Å². The topological polar surface area (TPSA) is 45.2 Å². The Balaban J connectivity index is 1.72. The zero-order valence-electron chi connectivity index (χ0n) is 12.0. The quantitative estimate of drug-likeness (QED) is 0.863. The minimum absolute atomic E-state index is 0.286. The fourth-order valence-electron chi connectivity index (χ4n) is 2.55. The largest absolute Gasteiger partial charge is 0.353 e. The lowest BCUT2D eigenvalue weighted by Gasteiger charge is -2.36. The van der Waals surface area contributed by atoms with E-state index in [1.54, 1.807) is 6.20 Å². The molecule has 0 N–H and O–H groups in total. The van der Waals surface area contributed by atoms with Gasteiger partial charge in [0.2, 0.25) is 0 Å². The average Bonchev–Trinajstić information content (AvgIpc) is 2.56. The van der Waals surface area contributed by atoms with Gasteiger partial charge in [0.25, 0.3) is 0 Å². The predicted molar refractivity (Wildman–Crippen MR) is 80.0 cm³/mol. The standard InChI is InChI=1S/C15H18FN5/c1-2-12-14(16)15(19-11-18-12)21-9-7-20(8-10-21)13-5-3-4-6-17-13/h3-6,11H,2,7-10H2,1H3. The normalized spacial score (nSPS) is 15.3. The van der Waals surface area contributed by atoms with Crippen molar-refractivity contribution in [2.24, 2.45) is 0 Å². The molecule has 2 aromatic heterocycles. The number of aromatic nitrogens is 3. The third-order valence-electron chi connectivity index (χ3n) is 3.73. The van der Waals surface area contributed by atoms with E-state index in [9.17, 15) is 4.39 Å². The third-order valence-corrected chi connectivity index (χ3v) is 3.73. The summed E-state index contributed by atoms with van der Waals surface area (Å²) in [6, 6.07) is 5.88. The fraction of sp³-hybridized carbons (Fsp3) is 0.400. The molecule has 3 rings (SSSR count). The van der Waals surface area contributed by atoms with Crippen LogP contribution in [0.15, 0.2) is 30.7 Å². The average molecular weight is 287 g/mol. The van der Waals surface area contributed by atoms with Crippen molar-refractivity contribution in [3.05, 3.63) is 42.2 Å². The summed E-state index contributed by atoms with van der Waals surface area (Å²) in [5, 5.41) is 0. The molecule has 0 aromatic carbocycles. The number of piperazine rings is 1. The molecule has 1 fully saturated rings. The molecule has 0 saturated carbocycles. The maximum absolute atomic E-state index is 14.3. The zero-order valence-corrected chi connectivity index (χ0v) is 12.0. The molecule has 110 valence electrons. The van der Waals surface area contributed by atoms with Gasteiger partial charge in [0.1, 0.15) is 12.1 Å². The van der Waals surface area contributed by atoms with E-state index in [4.69, 9.17) is 0 Å². The molecular formula is C15H18FN5. The van der Waals surface area contributed by atoms with Gasteiger partial charge in [0, 0.05) is 32.4 Å². The Labute approximate surface area is 123 Å². The van der Waals surface area contributed by atoms with Crippen molar-refractivity contribution in [1.29, 1.82) is 0 Å². The Bertz CT molecular complexity index is 596. The molecule has 1 aliphatic rings. The lowest BCUT2D eigenvalue weighted by molar-refractivity contribution is 0.568. The van der Waals surface area contributed by atoms with Crippen LogP contribution in [0.25, 0.3) is 0 Å². The van der Waals surface area contributed by atoms with Crippen LogP contribution in [-0.4, -0.2) is 41.1 Å². The van der Waals surface area contributed by atoms with E-state index >= 15 is 0 Å². The lowest BCUT2D eigenvalue weighted by Crippen LogP contribution is -2.47. The van der Waals surface area contributed by atoms with Gasteiger partial charge >= 0.3 is 0 Å². The second-order valence-electron chi connectivity index (χ2n) is 4.97. The second-order valence-corrected chi connectivity index (χ2v) is 4.97. The molecule has 0 spiro atoms. The summed E-state index contributed by atoms with van der Waals surface area (Å²) in [6.45, 7) is 4.97. The van der Waals surface area contributed by atoms with Crippen molar-refractivity contribution in [3.8, 4) is 0 Å². The smallest absolute Gasteiger partial charge is 0.187 e. The van der Waals surface area contributed by atoms with Gasteiger partial charge in [0.15, 0.2) is 11.6 Å². The summed E-state index contributed by atoms with van der Waals surface area (Å²) in [4.78, 5) is 16.6. The molecule has 0 atom stereocenters. The number of nitrogens with zero attached hydrogens (tertiary/aromatic N) is 5. The van der Waals surface area contributed by atoms with Gasteiger partial charge in [-0.25, -0.2) is 19.3 Å². The van der Waals surface area contributed by atoms with Crippen LogP contribution in [0.3, 0.4) is 0 Å². The lowest BCUT2D eigenvalue weighted by atomic mass is 10.2. The second kappa shape index (κ2) is 6.03. The van der Waals surface area contributed by atoms with Gasteiger partial charge in [-0.2, -0.15) is 0 Å². The van der Waals surface area contributed by atoms with E-state index in [1.165, 1.54) is 6.33 Å². The van der Waals surface area contributed by atoms with Gasteiger partial charge in [-0.05, 0) is 18.6 Å². The number of hydrogen-bond acceptors (Lipinski definition) is 5. The first-order chi connectivity index (χ1) is 10.3. The first-order valence-electron chi connectivity index (χ1n) is 7.20. The van der Waals surface area contributed by atoms with Crippen LogP contribution in [0, 0.1) is 5.82 Å². The van der Waals surface area contributed by atoms with Gasteiger partial charge < -0.3 is 9.80 Å². The molecule has 0 aliphatic carbocycles. The summed E-state index contributed by atoms with van der Waals surface area (Å²) in [7, 11) is 0. The van der Waals surface area contributed by atoms with Gasteiger partial charge in [0.05, 0.1) is 5.69 Å². The van der Waals surface area contributed by atoms with Crippen LogP contribution in [0.2, 0.25) is 0 Å². The number of hydrogen-bond donors (Lipinski definition) is 0. The summed E-state index contributed by atoms with van der Waals surface area (Å²) in [5.41, 5.74) is 0.479. The van der Waals surface area contributed by atoms with Crippen molar-refractivity contribution < 1.29 is 4.39 Å². The number of pyridine rings is 1. The molecule has 0 amide bonds. The van der Waals surface area contributed by atoms with Crippen LogP contribution in [0.4, 0.5) is 16.0 Å². The molecule has 0 bridgehead atoms. The minimum Gasteiger partial charge on any atom is -0.353 e. The highest BCUT2D eigenvalue weighted by Crippen LogP contribution is 2.21. The summed E-state index contributed by atoms with van der Waals surface area (Å²) in [6.07, 6.45) is 3.82. The predicted octanol–water partition coefficient (Wildman–Crippen LogP) is 1.90. The molecule has 3 heterocycles. The Morgan fingerprint density at radius 1 is 1.05 bits per heavy atom. The van der Waals surface area contributed by atoms with E-state index in [0.717, 1.165) is 32.0 Å². The third kappa shape index (κ3) is 2.79. The Morgan fingerprint density at radius 2 is 1.81 bits per heavy atom. The van der Waals surface area contributed by atoms with Crippen LogP contribution in [0.1, 0.15) is 12.6 Å². The number of halogens is 1. The van der Waals surface area contributed by atoms with Crippen LogP contribution in [-0.2, 0) is 6.42 Å². The van der Waals surface area contributed by atoms with Crippen molar-refractivity contribution in [3.63, 3.8) is 0 Å². The highest BCUT2D eigenvalue weighted by atomic mass is 19.1. The first kappa shape index (κ1) is 13.7. The van der Waals surface area contributed by atoms with Crippen LogP contribution >= 0.6 is 0 Å². The van der Waals surface area contributed by atoms with Gasteiger partial charge in [-0.15, -0.1) is 0 Å². The van der Waals surface area contributed by atoms with E-state index in [2.05, 4.69) is 19.9 Å². The fourth-order valence-corrected chi connectivity index (χ4v) is 2.55. The van der Waals surface area contributed by atoms with Crippen LogP contribution in [0.5, 0.6) is 0 Å². The van der Waals surface area contributed by atoms with Gasteiger partial charge in [-0.3, -0.25) is 0 Å². The molecule has 0 radical (unpaired) electrons. The minimum atomic E-state index is -0.286. The maximum atomic E-state index is 14.3. The molecular weight excluding hydrogens is 269 g/mol. The summed E-state index contributed by atoms with van der Waals surface area (Å²) >= 11 is 0. The molecule has 21 heavy (non-hydrogen) atoms. The number of rotatable bonds is 3. The SMILES string of the molecule is CCc1ncnc(N2CCN(c3ccccn3)CC2)c1F.